The summed E-state index contributed by atoms with van der Waals surface area (Å²) in [5.74, 6) is 2.79. The lowest BCUT2D eigenvalue weighted by atomic mass is 10.1. The number of guanidine groups is 1. The molecule has 0 radical (unpaired) electrons. The number of rotatable bonds is 10. The van der Waals surface area contributed by atoms with E-state index in [0.29, 0.717) is 24.9 Å². The van der Waals surface area contributed by atoms with Gasteiger partial charge >= 0.3 is 0 Å². The van der Waals surface area contributed by atoms with Crippen LogP contribution in [0.4, 0.5) is 0 Å². The van der Waals surface area contributed by atoms with E-state index >= 15 is 0 Å². The summed E-state index contributed by atoms with van der Waals surface area (Å²) in [7, 11) is 1.79. The van der Waals surface area contributed by atoms with Gasteiger partial charge in [0.15, 0.2) is 5.96 Å². The predicted molar refractivity (Wildman–Crippen MR) is 117 cm³/mol. The first kappa shape index (κ1) is 21.5. The number of benzene rings is 1. The highest BCUT2D eigenvalue weighted by Crippen LogP contribution is 2.30. The van der Waals surface area contributed by atoms with Crippen LogP contribution in [-0.2, 0) is 11.3 Å². The number of ether oxygens (including phenoxy) is 1. The highest BCUT2D eigenvalue weighted by Gasteiger charge is 2.26. The molecule has 2 aliphatic rings. The average Bonchev–Trinajstić information content (AvgIpc) is 3.46. The first-order valence-electron chi connectivity index (χ1n) is 11.1. The van der Waals surface area contributed by atoms with Crippen molar-refractivity contribution in [1.82, 2.24) is 15.5 Å². The van der Waals surface area contributed by atoms with Crippen molar-refractivity contribution in [3.8, 4) is 5.75 Å². The second-order valence-electron chi connectivity index (χ2n) is 8.26. The number of nitrogens with one attached hydrogen (secondary N) is 2. The van der Waals surface area contributed by atoms with E-state index in [1.54, 1.807) is 7.05 Å². The number of aliphatic imine (C=N–C) groups is 1. The second kappa shape index (κ2) is 10.5. The van der Waals surface area contributed by atoms with E-state index in [4.69, 9.17) is 4.74 Å². The van der Waals surface area contributed by atoms with Crippen molar-refractivity contribution in [3.63, 3.8) is 0 Å². The van der Waals surface area contributed by atoms with Gasteiger partial charge in [-0.3, -0.25) is 9.79 Å². The standard InChI is InChI=1S/C23H36N4O2/c1-4-20(27-13-5-6-22(27)28)11-12-25-23(24-3)26-15-19-10-7-17(2)14-21(19)29-16-18-8-9-18/h7,10,14,18,20H,4-6,8-9,11-13,15-16H2,1-3H3,(H2,24,25,26). The van der Waals surface area contributed by atoms with Crippen LogP contribution in [0.15, 0.2) is 23.2 Å². The number of hydrogen-bond acceptors (Lipinski definition) is 3. The largest absolute Gasteiger partial charge is 0.493 e. The van der Waals surface area contributed by atoms with Gasteiger partial charge in [0.05, 0.1) is 6.61 Å². The zero-order valence-corrected chi connectivity index (χ0v) is 18.2. The van der Waals surface area contributed by atoms with Gasteiger partial charge in [-0.15, -0.1) is 0 Å². The van der Waals surface area contributed by atoms with Crippen molar-refractivity contribution >= 4 is 11.9 Å². The minimum Gasteiger partial charge on any atom is -0.493 e. The normalized spacial score (nSPS) is 18.1. The van der Waals surface area contributed by atoms with Gasteiger partial charge < -0.3 is 20.3 Å². The van der Waals surface area contributed by atoms with Crippen LogP contribution >= 0.6 is 0 Å². The summed E-state index contributed by atoms with van der Waals surface area (Å²) in [6, 6.07) is 6.68. The molecule has 1 saturated heterocycles. The van der Waals surface area contributed by atoms with Crippen LogP contribution in [0.2, 0.25) is 0 Å². The van der Waals surface area contributed by atoms with Crippen molar-refractivity contribution in [2.24, 2.45) is 10.9 Å². The van der Waals surface area contributed by atoms with E-state index in [2.05, 4.69) is 47.7 Å². The molecular weight excluding hydrogens is 364 g/mol. The van der Waals surface area contributed by atoms with Crippen molar-refractivity contribution < 1.29 is 9.53 Å². The molecule has 1 aromatic carbocycles. The Hall–Kier alpha value is -2.24. The van der Waals surface area contributed by atoms with Crippen LogP contribution in [0, 0.1) is 12.8 Å². The number of amides is 1. The van der Waals surface area contributed by atoms with Gasteiger partial charge in [-0.2, -0.15) is 0 Å². The lowest BCUT2D eigenvalue weighted by molar-refractivity contribution is -0.129. The Morgan fingerprint density at radius 3 is 2.83 bits per heavy atom. The van der Waals surface area contributed by atoms with E-state index in [1.165, 1.54) is 18.4 Å². The average molecular weight is 401 g/mol. The maximum Gasteiger partial charge on any atom is 0.222 e. The number of hydrogen-bond donors (Lipinski definition) is 2. The molecule has 1 aliphatic heterocycles. The van der Waals surface area contributed by atoms with Crippen molar-refractivity contribution in [1.29, 1.82) is 0 Å². The molecule has 3 rings (SSSR count). The molecule has 1 amide bonds. The fourth-order valence-electron chi connectivity index (χ4n) is 3.83. The summed E-state index contributed by atoms with van der Waals surface area (Å²) in [4.78, 5) is 18.4. The Morgan fingerprint density at radius 2 is 2.17 bits per heavy atom. The Kier molecular flexibility index (Phi) is 7.78. The quantitative estimate of drug-likeness (QED) is 0.467. The Bertz CT molecular complexity index is 715. The maximum atomic E-state index is 12.0. The molecule has 1 unspecified atom stereocenters. The Morgan fingerprint density at radius 1 is 1.34 bits per heavy atom. The number of aryl methyl sites for hydroxylation is 1. The van der Waals surface area contributed by atoms with Gasteiger partial charge in [0, 0.05) is 44.7 Å². The monoisotopic (exact) mass is 400 g/mol. The molecule has 1 atom stereocenters. The van der Waals surface area contributed by atoms with Crippen molar-refractivity contribution in [3.05, 3.63) is 29.3 Å². The van der Waals surface area contributed by atoms with E-state index in [0.717, 1.165) is 62.1 Å². The Balaban J connectivity index is 1.47. The summed E-state index contributed by atoms with van der Waals surface area (Å²) in [5, 5.41) is 6.79. The molecule has 0 bridgehead atoms. The van der Waals surface area contributed by atoms with Crippen LogP contribution in [0.1, 0.15) is 56.6 Å². The van der Waals surface area contributed by atoms with Crippen LogP contribution in [0.3, 0.4) is 0 Å². The summed E-state index contributed by atoms with van der Waals surface area (Å²) in [5.41, 5.74) is 2.36. The molecule has 1 heterocycles. The molecule has 160 valence electrons. The van der Waals surface area contributed by atoms with Gasteiger partial charge in [-0.1, -0.05) is 19.1 Å². The van der Waals surface area contributed by atoms with Gasteiger partial charge in [-0.05, 0) is 56.6 Å². The minimum absolute atomic E-state index is 0.303. The lowest BCUT2D eigenvalue weighted by Gasteiger charge is -2.27. The first-order valence-corrected chi connectivity index (χ1v) is 11.1. The van der Waals surface area contributed by atoms with Crippen LogP contribution in [0.5, 0.6) is 5.75 Å². The zero-order chi connectivity index (χ0) is 20.6. The molecule has 0 aromatic heterocycles. The second-order valence-corrected chi connectivity index (χ2v) is 8.26. The lowest BCUT2D eigenvalue weighted by Crippen LogP contribution is -2.41. The van der Waals surface area contributed by atoms with Crippen LogP contribution in [0.25, 0.3) is 0 Å². The highest BCUT2D eigenvalue weighted by molar-refractivity contribution is 5.80. The molecule has 2 fully saturated rings. The highest BCUT2D eigenvalue weighted by atomic mass is 16.5. The number of carbonyl (C=O) groups excluding carboxylic acids is 1. The van der Waals surface area contributed by atoms with Gasteiger partial charge in [0.25, 0.3) is 0 Å². The molecule has 1 aliphatic carbocycles. The van der Waals surface area contributed by atoms with E-state index in [1.807, 2.05) is 4.90 Å². The van der Waals surface area contributed by atoms with E-state index < -0.39 is 0 Å². The van der Waals surface area contributed by atoms with Gasteiger partial charge in [-0.25, -0.2) is 0 Å². The van der Waals surface area contributed by atoms with Crippen molar-refractivity contribution in [2.45, 2.75) is 65.0 Å². The van der Waals surface area contributed by atoms with Crippen molar-refractivity contribution in [2.75, 3.05) is 26.7 Å². The third-order valence-electron chi connectivity index (χ3n) is 5.86. The zero-order valence-electron chi connectivity index (χ0n) is 18.2. The molecule has 0 spiro atoms. The molecule has 2 N–H and O–H groups in total. The number of likely N-dealkylation sites (tertiary alicyclic amines) is 1. The molecule has 29 heavy (non-hydrogen) atoms. The molecule has 6 heteroatoms. The number of nitrogens with zero attached hydrogens (tertiary/aromatic N) is 2. The van der Waals surface area contributed by atoms with Gasteiger partial charge in [0.1, 0.15) is 5.75 Å². The smallest absolute Gasteiger partial charge is 0.222 e. The summed E-state index contributed by atoms with van der Waals surface area (Å²) >= 11 is 0. The summed E-state index contributed by atoms with van der Waals surface area (Å²) in [6.07, 6.45) is 6.20. The minimum atomic E-state index is 0.303. The topological polar surface area (TPSA) is 66.0 Å². The predicted octanol–water partition coefficient (Wildman–Crippen LogP) is 3.24. The fourth-order valence-corrected chi connectivity index (χ4v) is 3.83. The number of carbonyl (C=O) groups is 1. The molecule has 1 aromatic rings. The maximum absolute atomic E-state index is 12.0. The SMILES string of the molecule is CCC(CCNC(=NC)NCc1ccc(C)cc1OCC1CC1)N1CCCC1=O. The molecular formula is C23H36N4O2. The van der Waals surface area contributed by atoms with Crippen LogP contribution < -0.4 is 15.4 Å². The summed E-state index contributed by atoms with van der Waals surface area (Å²) in [6.45, 7) is 7.43. The molecule has 6 nitrogen and oxygen atoms in total. The third-order valence-corrected chi connectivity index (χ3v) is 5.86. The first-order chi connectivity index (χ1) is 14.1. The van der Waals surface area contributed by atoms with Crippen LogP contribution in [-0.4, -0.2) is 49.6 Å². The van der Waals surface area contributed by atoms with E-state index in [9.17, 15) is 4.79 Å². The third kappa shape index (κ3) is 6.38. The Labute approximate surface area is 175 Å². The van der Waals surface area contributed by atoms with Gasteiger partial charge in [0.2, 0.25) is 5.91 Å². The fraction of sp³-hybridized carbons (Fsp3) is 0.652. The van der Waals surface area contributed by atoms with E-state index in [-0.39, 0.29) is 0 Å². The molecule has 1 saturated carbocycles. The summed E-state index contributed by atoms with van der Waals surface area (Å²) < 4.78 is 6.06.